The zero-order chi connectivity index (χ0) is 21.8. The second-order valence-electron chi connectivity index (χ2n) is 9.97. The molecule has 2 saturated heterocycles. The fraction of sp³-hybridized carbons (Fsp3) is 0.545. The zero-order valence-electron chi connectivity index (χ0n) is 18.4. The van der Waals surface area contributed by atoms with Crippen molar-refractivity contribution in [2.24, 2.45) is 17.3 Å². The number of fused-ring (bicyclic) bond motifs is 1. The van der Waals surface area contributed by atoms with Gasteiger partial charge in [0.05, 0.1) is 17.6 Å². The minimum Gasteiger partial charge on any atom is -0.371 e. The normalized spacial score (nSPS) is 21.2. The third-order valence-electron chi connectivity index (χ3n) is 6.05. The Kier molecular flexibility index (Phi) is 5.17. The van der Waals surface area contributed by atoms with Crippen molar-refractivity contribution in [1.29, 1.82) is 0 Å². The van der Waals surface area contributed by atoms with Gasteiger partial charge in [-0.3, -0.25) is 0 Å². The molecule has 2 atom stereocenters. The Labute approximate surface area is 192 Å². The standard InChI is InChI=1S/C22H28ClN7S/c1-14-5-6-17(23)7-18(14)28-9-15-11-29(12-16(15)10-28)21-24-8-19(31-21)20-25-27-30(26-20)13-22(2,3)4/h5-8,15-16H,9-13H2,1-4H3. The molecule has 0 amide bonds. The summed E-state index contributed by atoms with van der Waals surface area (Å²) in [4.78, 5) is 12.3. The Morgan fingerprint density at radius 1 is 1.10 bits per heavy atom. The molecule has 2 aliphatic rings. The fourth-order valence-corrected chi connectivity index (χ4v) is 5.64. The average Bonchev–Trinajstić information content (AvgIpc) is 3.43. The highest BCUT2D eigenvalue weighted by molar-refractivity contribution is 7.18. The SMILES string of the molecule is Cc1ccc(Cl)cc1N1CC2CN(c3ncc(-c4nnn(CC(C)(C)C)n4)s3)CC2C1. The van der Waals surface area contributed by atoms with Crippen molar-refractivity contribution in [2.45, 2.75) is 34.2 Å². The monoisotopic (exact) mass is 457 g/mol. The summed E-state index contributed by atoms with van der Waals surface area (Å²) in [6, 6.07) is 6.18. The minimum absolute atomic E-state index is 0.113. The van der Waals surface area contributed by atoms with Crippen molar-refractivity contribution in [3.05, 3.63) is 35.0 Å². The van der Waals surface area contributed by atoms with E-state index in [0.717, 1.165) is 47.8 Å². The number of aromatic nitrogens is 5. The predicted octanol–water partition coefficient (Wildman–Crippen LogP) is 4.38. The highest BCUT2D eigenvalue weighted by Crippen LogP contribution is 2.39. The van der Waals surface area contributed by atoms with Crippen LogP contribution in [0.25, 0.3) is 10.7 Å². The van der Waals surface area contributed by atoms with E-state index < -0.39 is 0 Å². The minimum atomic E-state index is 0.113. The number of rotatable bonds is 4. The van der Waals surface area contributed by atoms with Gasteiger partial charge in [0, 0.05) is 48.7 Å². The lowest BCUT2D eigenvalue weighted by atomic mass is 9.97. The third-order valence-corrected chi connectivity index (χ3v) is 7.34. The van der Waals surface area contributed by atoms with E-state index >= 15 is 0 Å². The number of hydrogen-bond donors (Lipinski definition) is 0. The Morgan fingerprint density at radius 2 is 1.81 bits per heavy atom. The van der Waals surface area contributed by atoms with Crippen LogP contribution in [-0.4, -0.2) is 51.4 Å². The summed E-state index contributed by atoms with van der Waals surface area (Å²) < 4.78 is 0. The molecular weight excluding hydrogens is 430 g/mol. The van der Waals surface area contributed by atoms with Gasteiger partial charge in [0.25, 0.3) is 0 Å². The average molecular weight is 458 g/mol. The summed E-state index contributed by atoms with van der Waals surface area (Å²) in [5.41, 5.74) is 2.67. The van der Waals surface area contributed by atoms with Crippen LogP contribution in [-0.2, 0) is 6.54 Å². The molecule has 0 aliphatic carbocycles. The van der Waals surface area contributed by atoms with E-state index in [4.69, 9.17) is 11.6 Å². The van der Waals surface area contributed by atoms with Crippen molar-refractivity contribution < 1.29 is 0 Å². The Bertz CT molecular complexity index is 1070. The van der Waals surface area contributed by atoms with E-state index in [1.807, 2.05) is 12.3 Å². The first-order valence-corrected chi connectivity index (χ1v) is 11.9. The lowest BCUT2D eigenvalue weighted by Crippen LogP contribution is -2.29. The summed E-state index contributed by atoms with van der Waals surface area (Å²) >= 11 is 7.91. The maximum absolute atomic E-state index is 6.25. The van der Waals surface area contributed by atoms with Crippen LogP contribution in [0.15, 0.2) is 24.4 Å². The molecule has 7 nitrogen and oxygen atoms in total. The topological polar surface area (TPSA) is 63.0 Å². The van der Waals surface area contributed by atoms with Gasteiger partial charge in [-0.1, -0.05) is 49.8 Å². The van der Waals surface area contributed by atoms with Gasteiger partial charge < -0.3 is 9.80 Å². The van der Waals surface area contributed by atoms with Crippen LogP contribution in [0.5, 0.6) is 0 Å². The van der Waals surface area contributed by atoms with Crippen LogP contribution in [0.2, 0.25) is 5.02 Å². The van der Waals surface area contributed by atoms with E-state index in [1.54, 1.807) is 16.1 Å². The lowest BCUT2D eigenvalue weighted by molar-refractivity contribution is 0.300. The molecule has 0 bridgehead atoms. The van der Waals surface area contributed by atoms with Gasteiger partial charge >= 0.3 is 0 Å². The largest absolute Gasteiger partial charge is 0.371 e. The lowest BCUT2D eigenvalue weighted by Gasteiger charge is -2.24. The molecule has 2 fully saturated rings. The quantitative estimate of drug-likeness (QED) is 0.579. The first-order valence-electron chi connectivity index (χ1n) is 10.8. The number of halogens is 1. The van der Waals surface area contributed by atoms with Crippen molar-refractivity contribution in [2.75, 3.05) is 36.0 Å². The number of hydrogen-bond acceptors (Lipinski definition) is 7. The molecule has 5 rings (SSSR count). The van der Waals surface area contributed by atoms with Gasteiger partial charge in [-0.25, -0.2) is 4.98 Å². The molecule has 2 aliphatic heterocycles. The highest BCUT2D eigenvalue weighted by atomic mass is 35.5. The van der Waals surface area contributed by atoms with Crippen LogP contribution < -0.4 is 9.80 Å². The van der Waals surface area contributed by atoms with Crippen molar-refractivity contribution in [3.63, 3.8) is 0 Å². The molecule has 4 heterocycles. The molecule has 2 unspecified atom stereocenters. The molecule has 0 saturated carbocycles. The first-order chi connectivity index (χ1) is 14.7. The van der Waals surface area contributed by atoms with Gasteiger partial charge in [-0.2, -0.15) is 4.80 Å². The third kappa shape index (κ3) is 4.28. The van der Waals surface area contributed by atoms with Gasteiger partial charge in [-0.05, 0) is 35.2 Å². The number of nitrogens with zero attached hydrogens (tertiary/aromatic N) is 7. The van der Waals surface area contributed by atoms with E-state index in [1.165, 1.54) is 11.3 Å². The summed E-state index contributed by atoms with van der Waals surface area (Å²) in [6.07, 6.45) is 1.88. The van der Waals surface area contributed by atoms with Gasteiger partial charge in [-0.15, -0.1) is 10.2 Å². The zero-order valence-corrected chi connectivity index (χ0v) is 20.0. The van der Waals surface area contributed by atoms with Crippen LogP contribution in [0.4, 0.5) is 10.8 Å². The molecule has 164 valence electrons. The molecule has 2 aromatic heterocycles. The molecule has 1 aromatic carbocycles. The summed E-state index contributed by atoms with van der Waals surface area (Å²) in [7, 11) is 0. The summed E-state index contributed by atoms with van der Waals surface area (Å²) in [5.74, 6) is 1.96. The van der Waals surface area contributed by atoms with Crippen LogP contribution in [0.3, 0.4) is 0 Å². The number of tetrazole rings is 1. The van der Waals surface area contributed by atoms with E-state index in [0.29, 0.717) is 17.7 Å². The second-order valence-corrected chi connectivity index (χ2v) is 11.4. The molecule has 0 N–H and O–H groups in total. The molecule has 31 heavy (non-hydrogen) atoms. The van der Waals surface area contributed by atoms with Crippen molar-refractivity contribution in [1.82, 2.24) is 25.2 Å². The van der Waals surface area contributed by atoms with E-state index in [9.17, 15) is 0 Å². The molecule has 9 heteroatoms. The Balaban J connectivity index is 1.25. The maximum atomic E-state index is 6.25. The van der Waals surface area contributed by atoms with E-state index in [2.05, 4.69) is 70.0 Å². The second kappa shape index (κ2) is 7.74. The highest BCUT2D eigenvalue weighted by Gasteiger charge is 2.41. The summed E-state index contributed by atoms with van der Waals surface area (Å²) in [6.45, 7) is 13.6. The van der Waals surface area contributed by atoms with Crippen LogP contribution in [0, 0.1) is 24.2 Å². The van der Waals surface area contributed by atoms with Crippen LogP contribution >= 0.6 is 22.9 Å². The number of aryl methyl sites for hydroxylation is 1. The predicted molar refractivity (Wildman–Crippen MR) is 126 cm³/mol. The molecule has 0 radical (unpaired) electrons. The smallest absolute Gasteiger partial charge is 0.216 e. The maximum Gasteiger partial charge on any atom is 0.216 e. The Hall–Kier alpha value is -2.19. The van der Waals surface area contributed by atoms with Gasteiger partial charge in [0.15, 0.2) is 5.13 Å². The van der Waals surface area contributed by atoms with Gasteiger partial charge in [0.2, 0.25) is 5.82 Å². The molecular formula is C22H28ClN7S. The molecule has 3 aromatic rings. The first kappa shape index (κ1) is 20.7. The van der Waals surface area contributed by atoms with Crippen molar-refractivity contribution in [3.8, 4) is 10.7 Å². The number of benzene rings is 1. The number of anilines is 2. The summed E-state index contributed by atoms with van der Waals surface area (Å²) in [5, 5.41) is 14.9. The van der Waals surface area contributed by atoms with E-state index in [-0.39, 0.29) is 5.41 Å². The molecule has 0 spiro atoms. The van der Waals surface area contributed by atoms with Gasteiger partial charge in [0.1, 0.15) is 0 Å². The van der Waals surface area contributed by atoms with Crippen LogP contribution in [0.1, 0.15) is 26.3 Å². The fourth-order valence-electron chi connectivity index (χ4n) is 4.62. The Morgan fingerprint density at radius 3 is 2.52 bits per heavy atom. The van der Waals surface area contributed by atoms with Crippen molar-refractivity contribution >= 4 is 33.8 Å². The number of thiazole rings is 1.